The van der Waals surface area contributed by atoms with Crippen LogP contribution in [0.5, 0.6) is 5.75 Å². The van der Waals surface area contributed by atoms with Crippen LogP contribution in [0.1, 0.15) is 6.92 Å². The molecular formula is C15H17N3O. The van der Waals surface area contributed by atoms with E-state index in [9.17, 15) is 0 Å². The predicted octanol–water partition coefficient (Wildman–Crippen LogP) is 2.84. The molecule has 0 spiro atoms. The first-order valence-corrected chi connectivity index (χ1v) is 6.20. The van der Waals surface area contributed by atoms with Crippen molar-refractivity contribution in [2.24, 2.45) is 5.92 Å². The zero-order valence-corrected chi connectivity index (χ0v) is 11.4. The third kappa shape index (κ3) is 2.60. The lowest BCUT2D eigenvalue weighted by Gasteiger charge is -2.21. The Bertz CT molecular complexity index is 618. The van der Waals surface area contributed by atoms with Gasteiger partial charge in [0.15, 0.2) is 0 Å². The minimum atomic E-state index is -0.0346. The van der Waals surface area contributed by atoms with Crippen LogP contribution in [0.2, 0.25) is 0 Å². The van der Waals surface area contributed by atoms with Gasteiger partial charge in [0, 0.05) is 30.6 Å². The van der Waals surface area contributed by atoms with Gasteiger partial charge < -0.3 is 9.64 Å². The van der Waals surface area contributed by atoms with Crippen molar-refractivity contribution in [2.45, 2.75) is 6.92 Å². The van der Waals surface area contributed by atoms with Gasteiger partial charge in [-0.05, 0) is 19.1 Å². The van der Waals surface area contributed by atoms with Crippen molar-refractivity contribution in [3.63, 3.8) is 0 Å². The van der Waals surface area contributed by atoms with Crippen LogP contribution in [-0.2, 0) is 0 Å². The first-order valence-electron chi connectivity index (χ1n) is 6.20. The summed E-state index contributed by atoms with van der Waals surface area (Å²) in [5.41, 5.74) is 0. The molecule has 0 aliphatic carbocycles. The van der Waals surface area contributed by atoms with Crippen molar-refractivity contribution in [3.05, 3.63) is 30.5 Å². The van der Waals surface area contributed by atoms with E-state index in [1.807, 2.05) is 43.1 Å². The molecule has 1 unspecified atom stereocenters. The molecule has 0 aliphatic rings. The first-order chi connectivity index (χ1) is 9.17. The van der Waals surface area contributed by atoms with Gasteiger partial charge in [-0.1, -0.05) is 12.1 Å². The molecule has 1 heterocycles. The number of hydrogen-bond acceptors (Lipinski definition) is 4. The first kappa shape index (κ1) is 13.2. The number of fused-ring (bicyclic) bond motifs is 1. The fourth-order valence-corrected chi connectivity index (χ4v) is 2.18. The van der Waals surface area contributed by atoms with Crippen LogP contribution in [-0.4, -0.2) is 25.7 Å². The zero-order valence-electron chi connectivity index (χ0n) is 11.4. The Hall–Kier alpha value is -2.28. The molecule has 0 radical (unpaired) electrons. The van der Waals surface area contributed by atoms with Crippen molar-refractivity contribution < 1.29 is 4.74 Å². The number of nitrogens with zero attached hydrogens (tertiary/aromatic N) is 3. The molecule has 19 heavy (non-hydrogen) atoms. The Morgan fingerprint density at radius 3 is 2.84 bits per heavy atom. The maximum atomic E-state index is 8.91. The normalized spacial score (nSPS) is 11.9. The van der Waals surface area contributed by atoms with Gasteiger partial charge in [-0.25, -0.2) is 4.98 Å². The largest absolute Gasteiger partial charge is 0.496 e. The molecule has 0 saturated heterocycles. The Balaban J connectivity index is 2.47. The standard InChI is InChI=1S/C15H17N3O/c1-11(9-16)10-18(2)15-13-5-4-6-14(19-3)12(13)7-8-17-15/h4-8,11H,10H2,1-3H3. The molecule has 0 fully saturated rings. The molecule has 1 atom stereocenters. The van der Waals surface area contributed by atoms with Gasteiger partial charge in [0.05, 0.1) is 19.1 Å². The van der Waals surface area contributed by atoms with Crippen molar-refractivity contribution in [1.29, 1.82) is 5.26 Å². The van der Waals surface area contributed by atoms with E-state index in [2.05, 4.69) is 11.1 Å². The molecular weight excluding hydrogens is 238 g/mol. The van der Waals surface area contributed by atoms with Crippen molar-refractivity contribution in [3.8, 4) is 11.8 Å². The van der Waals surface area contributed by atoms with Crippen LogP contribution in [0.25, 0.3) is 10.8 Å². The summed E-state index contributed by atoms with van der Waals surface area (Å²) in [5.74, 6) is 1.68. The van der Waals surface area contributed by atoms with E-state index in [1.54, 1.807) is 13.3 Å². The number of anilines is 1. The third-order valence-corrected chi connectivity index (χ3v) is 3.09. The number of rotatable bonds is 4. The highest BCUT2D eigenvalue weighted by molar-refractivity contribution is 5.96. The fraction of sp³-hybridized carbons (Fsp3) is 0.333. The second-order valence-electron chi connectivity index (χ2n) is 4.60. The SMILES string of the molecule is COc1cccc2c(N(C)CC(C)C#N)nccc12. The summed E-state index contributed by atoms with van der Waals surface area (Å²) >= 11 is 0. The summed E-state index contributed by atoms with van der Waals surface area (Å²) < 4.78 is 5.37. The van der Waals surface area contributed by atoms with Gasteiger partial charge in [0.2, 0.25) is 0 Å². The number of benzene rings is 1. The average Bonchev–Trinajstić information content (AvgIpc) is 2.45. The third-order valence-electron chi connectivity index (χ3n) is 3.09. The van der Waals surface area contributed by atoms with E-state index >= 15 is 0 Å². The van der Waals surface area contributed by atoms with Gasteiger partial charge >= 0.3 is 0 Å². The maximum Gasteiger partial charge on any atom is 0.136 e. The maximum absolute atomic E-state index is 8.91. The van der Waals surface area contributed by atoms with Crippen molar-refractivity contribution in [2.75, 3.05) is 25.6 Å². The molecule has 4 heteroatoms. The molecule has 0 amide bonds. The van der Waals surface area contributed by atoms with E-state index in [4.69, 9.17) is 10.00 Å². The highest BCUT2D eigenvalue weighted by Crippen LogP contribution is 2.30. The fourth-order valence-electron chi connectivity index (χ4n) is 2.18. The summed E-state index contributed by atoms with van der Waals surface area (Å²) in [6, 6.07) is 10.1. The summed E-state index contributed by atoms with van der Waals surface area (Å²) in [4.78, 5) is 6.44. The molecule has 0 aliphatic heterocycles. The van der Waals surface area contributed by atoms with E-state index in [0.717, 1.165) is 22.3 Å². The zero-order chi connectivity index (χ0) is 13.8. The minimum Gasteiger partial charge on any atom is -0.496 e. The lowest BCUT2D eigenvalue weighted by molar-refractivity contribution is 0.420. The molecule has 0 N–H and O–H groups in total. The quantitative estimate of drug-likeness (QED) is 0.843. The van der Waals surface area contributed by atoms with Gasteiger partial charge in [-0.3, -0.25) is 0 Å². The van der Waals surface area contributed by atoms with Gasteiger partial charge in [-0.15, -0.1) is 0 Å². The summed E-state index contributed by atoms with van der Waals surface area (Å²) in [5, 5.41) is 11.0. The number of nitriles is 1. The van der Waals surface area contributed by atoms with Gasteiger partial charge in [-0.2, -0.15) is 5.26 Å². The van der Waals surface area contributed by atoms with Crippen LogP contribution >= 0.6 is 0 Å². The molecule has 0 saturated carbocycles. The van der Waals surface area contributed by atoms with E-state index < -0.39 is 0 Å². The summed E-state index contributed by atoms with van der Waals surface area (Å²) in [6.45, 7) is 2.56. The second-order valence-corrected chi connectivity index (χ2v) is 4.60. The van der Waals surface area contributed by atoms with Crippen LogP contribution < -0.4 is 9.64 Å². The van der Waals surface area contributed by atoms with E-state index in [-0.39, 0.29) is 5.92 Å². The molecule has 0 bridgehead atoms. The molecule has 1 aromatic carbocycles. The van der Waals surface area contributed by atoms with Crippen LogP contribution in [0.4, 0.5) is 5.82 Å². The van der Waals surface area contributed by atoms with Crippen LogP contribution in [0, 0.1) is 17.2 Å². The average molecular weight is 255 g/mol. The molecule has 98 valence electrons. The van der Waals surface area contributed by atoms with Crippen LogP contribution in [0.3, 0.4) is 0 Å². The monoisotopic (exact) mass is 255 g/mol. The molecule has 2 rings (SSSR count). The lowest BCUT2D eigenvalue weighted by atomic mass is 10.1. The number of methoxy groups -OCH3 is 1. The summed E-state index contributed by atoms with van der Waals surface area (Å²) in [7, 11) is 3.62. The number of hydrogen-bond donors (Lipinski definition) is 0. The highest BCUT2D eigenvalue weighted by Gasteiger charge is 2.12. The number of ether oxygens (including phenoxy) is 1. The van der Waals surface area contributed by atoms with E-state index in [0.29, 0.717) is 6.54 Å². The molecule has 2 aromatic rings. The Morgan fingerprint density at radius 2 is 2.16 bits per heavy atom. The second kappa shape index (κ2) is 5.57. The van der Waals surface area contributed by atoms with Crippen LogP contribution in [0.15, 0.2) is 30.5 Å². The Kier molecular flexibility index (Phi) is 3.86. The molecule has 4 nitrogen and oxygen atoms in total. The number of pyridine rings is 1. The minimum absolute atomic E-state index is 0.0346. The predicted molar refractivity (Wildman–Crippen MR) is 76.3 cm³/mol. The lowest BCUT2D eigenvalue weighted by Crippen LogP contribution is -2.24. The van der Waals surface area contributed by atoms with E-state index in [1.165, 1.54) is 0 Å². The van der Waals surface area contributed by atoms with Gasteiger partial charge in [0.1, 0.15) is 11.6 Å². The smallest absolute Gasteiger partial charge is 0.136 e. The van der Waals surface area contributed by atoms with Crippen molar-refractivity contribution in [1.82, 2.24) is 4.98 Å². The van der Waals surface area contributed by atoms with Gasteiger partial charge in [0.25, 0.3) is 0 Å². The topological polar surface area (TPSA) is 49.1 Å². The Morgan fingerprint density at radius 1 is 1.37 bits per heavy atom. The number of aromatic nitrogens is 1. The Labute approximate surface area is 113 Å². The molecule has 1 aromatic heterocycles. The van der Waals surface area contributed by atoms with Crippen molar-refractivity contribution >= 4 is 16.6 Å². The highest BCUT2D eigenvalue weighted by atomic mass is 16.5. The summed E-state index contributed by atoms with van der Waals surface area (Å²) in [6.07, 6.45) is 1.77.